The summed E-state index contributed by atoms with van der Waals surface area (Å²) in [7, 11) is 0. The molecule has 2 N–H and O–H groups in total. The molecule has 0 radical (unpaired) electrons. The van der Waals surface area contributed by atoms with Crippen LogP contribution in [0.25, 0.3) is 20.7 Å². The number of carbonyl (C=O) groups is 1. The topological polar surface area (TPSA) is 88.1 Å². The van der Waals surface area contributed by atoms with Gasteiger partial charge in [0.15, 0.2) is 0 Å². The standard InChI is InChI=1S/C32H39N7O2S/c1-2-36-12-16-38(17-13-36)32(41)39-18-14-37(15-19-39)21-24-8-10-26(11-9-24)29-20-27-30(42-29)31(34-23-33-27)35-28(22-40)25-6-4-3-5-7-25/h3-11,20,23,28,40H,2,12-19,21-22H2,1H3,(H,33,34,35)/t28-/m1/s1. The number of hydrogen-bond donors (Lipinski definition) is 2. The first-order valence-electron chi connectivity index (χ1n) is 14.9. The Labute approximate surface area is 251 Å². The van der Waals surface area contributed by atoms with Crippen LogP contribution in [0.2, 0.25) is 0 Å². The molecule has 2 fully saturated rings. The van der Waals surface area contributed by atoms with Crippen molar-refractivity contribution >= 4 is 33.4 Å². The van der Waals surface area contributed by atoms with Gasteiger partial charge in [-0.3, -0.25) is 4.90 Å². The van der Waals surface area contributed by atoms with Gasteiger partial charge in [-0.25, -0.2) is 14.8 Å². The van der Waals surface area contributed by atoms with Crippen LogP contribution in [-0.4, -0.2) is 106 Å². The molecule has 1 atom stereocenters. The largest absolute Gasteiger partial charge is 0.394 e. The average molecular weight is 586 g/mol. The van der Waals surface area contributed by atoms with E-state index in [0.29, 0.717) is 0 Å². The predicted molar refractivity (Wildman–Crippen MR) is 169 cm³/mol. The maximum absolute atomic E-state index is 13.0. The molecule has 220 valence electrons. The fourth-order valence-electron chi connectivity index (χ4n) is 5.77. The summed E-state index contributed by atoms with van der Waals surface area (Å²) in [6, 6.07) is 20.7. The van der Waals surface area contributed by atoms with Crippen molar-refractivity contribution in [1.29, 1.82) is 0 Å². The first kappa shape index (κ1) is 28.5. The summed E-state index contributed by atoms with van der Waals surface area (Å²) in [5.41, 5.74) is 4.32. The minimum atomic E-state index is -0.245. The van der Waals surface area contributed by atoms with Gasteiger partial charge in [-0.15, -0.1) is 11.3 Å². The zero-order valence-electron chi connectivity index (χ0n) is 24.2. The Morgan fingerprint density at radius 3 is 2.21 bits per heavy atom. The molecular formula is C32H39N7O2S. The Morgan fingerprint density at radius 1 is 0.905 bits per heavy atom. The van der Waals surface area contributed by atoms with E-state index in [1.807, 2.05) is 40.1 Å². The van der Waals surface area contributed by atoms with Crippen molar-refractivity contribution in [2.45, 2.75) is 19.5 Å². The summed E-state index contributed by atoms with van der Waals surface area (Å²) in [4.78, 5) is 32.0. The Hall–Kier alpha value is -3.57. The maximum Gasteiger partial charge on any atom is 0.320 e. The van der Waals surface area contributed by atoms with E-state index in [0.717, 1.165) is 97.5 Å². The Balaban J connectivity index is 1.06. The second-order valence-corrected chi connectivity index (χ2v) is 12.1. The predicted octanol–water partition coefficient (Wildman–Crippen LogP) is 4.38. The van der Waals surface area contributed by atoms with Crippen molar-refractivity contribution in [2.75, 3.05) is 70.8 Å². The first-order chi connectivity index (χ1) is 20.6. The van der Waals surface area contributed by atoms with Gasteiger partial charge in [0.1, 0.15) is 12.1 Å². The average Bonchev–Trinajstić information content (AvgIpc) is 3.50. The number of aromatic nitrogens is 2. The lowest BCUT2D eigenvalue weighted by molar-refractivity contribution is 0.0898. The molecule has 0 spiro atoms. The summed E-state index contributed by atoms with van der Waals surface area (Å²) in [6.07, 6.45) is 1.57. The molecule has 6 rings (SSSR count). The second kappa shape index (κ2) is 13.2. The molecule has 10 heteroatoms. The van der Waals surface area contributed by atoms with Crippen LogP contribution in [0, 0.1) is 0 Å². The number of piperazine rings is 2. The van der Waals surface area contributed by atoms with Gasteiger partial charge in [0.05, 0.1) is 22.9 Å². The van der Waals surface area contributed by atoms with E-state index in [-0.39, 0.29) is 18.7 Å². The normalized spacial score (nSPS) is 17.5. The van der Waals surface area contributed by atoms with Gasteiger partial charge in [-0.2, -0.15) is 0 Å². The third-order valence-corrected chi connectivity index (χ3v) is 9.56. The molecule has 2 saturated heterocycles. The van der Waals surface area contributed by atoms with Crippen LogP contribution in [0.3, 0.4) is 0 Å². The van der Waals surface area contributed by atoms with Crippen LogP contribution in [0.4, 0.5) is 10.6 Å². The van der Waals surface area contributed by atoms with Gasteiger partial charge >= 0.3 is 6.03 Å². The summed E-state index contributed by atoms with van der Waals surface area (Å²) >= 11 is 1.66. The summed E-state index contributed by atoms with van der Waals surface area (Å²) < 4.78 is 0.977. The van der Waals surface area contributed by atoms with Crippen molar-refractivity contribution < 1.29 is 9.90 Å². The number of urea groups is 1. The number of amides is 2. The minimum Gasteiger partial charge on any atom is -0.394 e. The van der Waals surface area contributed by atoms with Crippen molar-refractivity contribution in [3.8, 4) is 10.4 Å². The lowest BCUT2D eigenvalue weighted by Gasteiger charge is -2.40. The number of anilines is 1. The molecule has 42 heavy (non-hydrogen) atoms. The van der Waals surface area contributed by atoms with E-state index in [2.05, 4.69) is 62.3 Å². The van der Waals surface area contributed by atoms with Gasteiger partial charge < -0.3 is 25.1 Å². The number of rotatable bonds is 8. The number of nitrogens with zero attached hydrogens (tertiary/aromatic N) is 6. The van der Waals surface area contributed by atoms with Crippen LogP contribution in [0.1, 0.15) is 24.1 Å². The molecule has 9 nitrogen and oxygen atoms in total. The smallest absolute Gasteiger partial charge is 0.320 e. The lowest BCUT2D eigenvalue weighted by atomic mass is 10.1. The number of likely N-dealkylation sites (N-methyl/N-ethyl adjacent to an activating group) is 1. The van der Waals surface area contributed by atoms with E-state index >= 15 is 0 Å². The molecule has 0 saturated carbocycles. The van der Waals surface area contributed by atoms with E-state index < -0.39 is 0 Å². The number of aliphatic hydroxyl groups excluding tert-OH is 1. The first-order valence-corrected chi connectivity index (χ1v) is 15.7. The molecule has 0 unspecified atom stereocenters. The lowest BCUT2D eigenvalue weighted by Crippen LogP contribution is -2.56. The molecule has 0 aliphatic carbocycles. The summed E-state index contributed by atoms with van der Waals surface area (Å²) in [6.45, 7) is 11.1. The van der Waals surface area contributed by atoms with Gasteiger partial charge in [0, 0.05) is 63.8 Å². The Kier molecular flexibility index (Phi) is 8.95. The molecule has 2 aliphatic rings. The highest BCUT2D eigenvalue weighted by Crippen LogP contribution is 2.36. The van der Waals surface area contributed by atoms with Gasteiger partial charge in [-0.05, 0) is 29.3 Å². The number of nitrogens with one attached hydrogen (secondary N) is 1. The van der Waals surface area contributed by atoms with E-state index in [1.54, 1.807) is 17.7 Å². The molecule has 2 aliphatic heterocycles. The van der Waals surface area contributed by atoms with Crippen molar-refractivity contribution in [1.82, 2.24) is 29.6 Å². The zero-order valence-corrected chi connectivity index (χ0v) is 25.0. The van der Waals surface area contributed by atoms with Crippen LogP contribution in [0.5, 0.6) is 0 Å². The zero-order chi connectivity index (χ0) is 28.9. The van der Waals surface area contributed by atoms with Crippen molar-refractivity contribution in [2.24, 2.45) is 0 Å². The Morgan fingerprint density at radius 2 is 1.57 bits per heavy atom. The van der Waals surface area contributed by atoms with E-state index in [4.69, 9.17) is 0 Å². The highest BCUT2D eigenvalue weighted by Gasteiger charge is 2.27. The Bertz CT molecular complexity index is 1460. The number of benzene rings is 2. The number of fused-ring (bicyclic) bond motifs is 1. The minimum absolute atomic E-state index is 0.0308. The number of carbonyl (C=O) groups excluding carboxylic acids is 1. The fourth-order valence-corrected chi connectivity index (χ4v) is 6.84. The maximum atomic E-state index is 13.0. The highest BCUT2D eigenvalue weighted by molar-refractivity contribution is 7.22. The molecule has 2 aromatic heterocycles. The van der Waals surface area contributed by atoms with Gasteiger partial charge in [0.25, 0.3) is 0 Å². The molecule has 4 heterocycles. The number of hydrogen-bond acceptors (Lipinski definition) is 8. The van der Waals surface area contributed by atoms with Crippen LogP contribution >= 0.6 is 11.3 Å². The molecule has 4 aromatic rings. The second-order valence-electron chi connectivity index (χ2n) is 11.0. The molecule has 0 bridgehead atoms. The summed E-state index contributed by atoms with van der Waals surface area (Å²) in [5, 5.41) is 13.4. The summed E-state index contributed by atoms with van der Waals surface area (Å²) in [5.74, 6) is 0.733. The number of thiophene rings is 1. The fraction of sp³-hybridized carbons (Fsp3) is 0.406. The van der Waals surface area contributed by atoms with Crippen LogP contribution in [0.15, 0.2) is 67.0 Å². The van der Waals surface area contributed by atoms with Gasteiger partial charge in [0.2, 0.25) is 0 Å². The quantitative estimate of drug-likeness (QED) is 0.317. The monoisotopic (exact) mass is 585 g/mol. The molecule has 2 amide bonds. The highest BCUT2D eigenvalue weighted by atomic mass is 32.1. The number of aliphatic hydroxyl groups is 1. The van der Waals surface area contributed by atoms with E-state index in [1.165, 1.54) is 5.56 Å². The van der Waals surface area contributed by atoms with Crippen LogP contribution < -0.4 is 5.32 Å². The van der Waals surface area contributed by atoms with Gasteiger partial charge in [-0.1, -0.05) is 61.5 Å². The SMILES string of the molecule is CCN1CCN(C(=O)N2CCN(Cc3ccc(-c4cc5ncnc(N[C@H](CO)c6ccccc6)c5s4)cc3)CC2)CC1. The van der Waals surface area contributed by atoms with Crippen molar-refractivity contribution in [3.63, 3.8) is 0 Å². The third kappa shape index (κ3) is 6.42. The van der Waals surface area contributed by atoms with E-state index in [9.17, 15) is 9.90 Å². The molecular weight excluding hydrogens is 546 g/mol. The molecule has 2 aromatic carbocycles. The van der Waals surface area contributed by atoms with Crippen LogP contribution in [-0.2, 0) is 6.54 Å². The third-order valence-electron chi connectivity index (χ3n) is 8.38. The van der Waals surface area contributed by atoms with Crippen molar-refractivity contribution in [3.05, 3.63) is 78.1 Å².